The van der Waals surface area contributed by atoms with Gasteiger partial charge in [-0.1, -0.05) is 17.7 Å². The Hall–Kier alpha value is -1.85. The van der Waals surface area contributed by atoms with E-state index in [0.29, 0.717) is 32.8 Å². The van der Waals surface area contributed by atoms with Crippen LogP contribution in [0.15, 0.2) is 36.4 Å². The topological polar surface area (TPSA) is 33.3 Å². The molecule has 0 bridgehead atoms. The van der Waals surface area contributed by atoms with Crippen LogP contribution in [-0.2, 0) is 0 Å². The standard InChI is InChI=1S/C15H14ClFN2OS/c1-9-3-4-11(8-13(9)17)19-15(21)18-10-5-6-14(20-2)12(16)7-10/h3-8H,1-2H3,(H2,18,19,21). The van der Waals surface area contributed by atoms with E-state index < -0.39 is 0 Å². The number of aryl methyl sites for hydroxylation is 1. The average molecular weight is 325 g/mol. The van der Waals surface area contributed by atoms with Gasteiger partial charge < -0.3 is 15.4 Å². The first-order chi connectivity index (χ1) is 9.99. The van der Waals surface area contributed by atoms with Gasteiger partial charge in [0, 0.05) is 11.4 Å². The van der Waals surface area contributed by atoms with Gasteiger partial charge in [-0.15, -0.1) is 0 Å². The summed E-state index contributed by atoms with van der Waals surface area (Å²) in [6.07, 6.45) is 0. The normalized spacial score (nSPS) is 10.1. The molecular weight excluding hydrogens is 311 g/mol. The van der Waals surface area contributed by atoms with Crippen LogP contribution in [0.3, 0.4) is 0 Å². The van der Waals surface area contributed by atoms with Crippen molar-refractivity contribution < 1.29 is 9.13 Å². The van der Waals surface area contributed by atoms with E-state index in [1.54, 1.807) is 44.4 Å². The van der Waals surface area contributed by atoms with Gasteiger partial charge in [-0.3, -0.25) is 0 Å². The van der Waals surface area contributed by atoms with Gasteiger partial charge in [-0.05, 0) is 55.0 Å². The quantitative estimate of drug-likeness (QED) is 0.808. The fraction of sp³-hybridized carbons (Fsp3) is 0.133. The monoisotopic (exact) mass is 324 g/mol. The fourth-order valence-electron chi connectivity index (χ4n) is 1.71. The van der Waals surface area contributed by atoms with Crippen molar-refractivity contribution >= 4 is 40.3 Å². The second-order valence-electron chi connectivity index (χ2n) is 4.39. The lowest BCUT2D eigenvalue weighted by atomic mass is 10.2. The van der Waals surface area contributed by atoms with Crippen LogP contribution < -0.4 is 15.4 Å². The summed E-state index contributed by atoms with van der Waals surface area (Å²) in [5, 5.41) is 6.71. The molecule has 0 fully saturated rings. The number of benzene rings is 2. The zero-order chi connectivity index (χ0) is 15.4. The predicted molar refractivity (Wildman–Crippen MR) is 89.0 cm³/mol. The molecule has 0 aliphatic heterocycles. The zero-order valence-electron chi connectivity index (χ0n) is 11.5. The molecule has 2 aromatic carbocycles. The molecule has 0 heterocycles. The van der Waals surface area contributed by atoms with Gasteiger partial charge in [0.2, 0.25) is 0 Å². The van der Waals surface area contributed by atoms with Crippen LogP contribution in [0.25, 0.3) is 0 Å². The van der Waals surface area contributed by atoms with Crippen LogP contribution in [0.5, 0.6) is 5.75 Å². The van der Waals surface area contributed by atoms with E-state index in [0.717, 1.165) is 0 Å². The van der Waals surface area contributed by atoms with Crippen molar-refractivity contribution in [3.63, 3.8) is 0 Å². The molecule has 0 aliphatic carbocycles. The second-order valence-corrected chi connectivity index (χ2v) is 5.21. The Morgan fingerprint density at radius 1 is 1.14 bits per heavy atom. The lowest BCUT2D eigenvalue weighted by Crippen LogP contribution is -2.19. The molecule has 0 aromatic heterocycles. The summed E-state index contributed by atoms with van der Waals surface area (Å²) >= 11 is 11.2. The lowest BCUT2D eigenvalue weighted by Gasteiger charge is -2.12. The first kappa shape index (κ1) is 15.5. The summed E-state index contributed by atoms with van der Waals surface area (Å²) in [6, 6.07) is 10.1. The Kier molecular flexibility index (Phi) is 4.98. The second kappa shape index (κ2) is 6.74. The molecule has 21 heavy (non-hydrogen) atoms. The number of hydrogen-bond donors (Lipinski definition) is 2. The number of hydrogen-bond acceptors (Lipinski definition) is 2. The average Bonchev–Trinajstić information content (AvgIpc) is 2.43. The van der Waals surface area contributed by atoms with Crippen molar-refractivity contribution in [3.8, 4) is 5.75 Å². The van der Waals surface area contributed by atoms with Crippen LogP contribution in [0.4, 0.5) is 15.8 Å². The Balaban J connectivity index is 2.04. The van der Waals surface area contributed by atoms with Gasteiger partial charge >= 0.3 is 0 Å². The molecule has 0 aliphatic rings. The minimum atomic E-state index is -0.282. The van der Waals surface area contributed by atoms with E-state index in [-0.39, 0.29) is 5.82 Å². The molecule has 0 saturated carbocycles. The molecule has 0 spiro atoms. The van der Waals surface area contributed by atoms with E-state index in [1.807, 2.05) is 0 Å². The van der Waals surface area contributed by atoms with Crippen molar-refractivity contribution in [3.05, 3.63) is 52.8 Å². The Morgan fingerprint density at radius 2 is 1.76 bits per heavy atom. The smallest absolute Gasteiger partial charge is 0.175 e. The maximum absolute atomic E-state index is 13.5. The van der Waals surface area contributed by atoms with E-state index >= 15 is 0 Å². The molecule has 0 saturated heterocycles. The molecule has 0 radical (unpaired) electrons. The third-order valence-electron chi connectivity index (χ3n) is 2.84. The number of nitrogens with one attached hydrogen (secondary N) is 2. The van der Waals surface area contributed by atoms with Crippen molar-refractivity contribution in [1.29, 1.82) is 0 Å². The number of methoxy groups -OCH3 is 1. The third kappa shape index (κ3) is 4.06. The highest BCUT2D eigenvalue weighted by atomic mass is 35.5. The molecule has 6 heteroatoms. The van der Waals surface area contributed by atoms with Gasteiger partial charge in [0.25, 0.3) is 0 Å². The molecule has 0 unspecified atom stereocenters. The zero-order valence-corrected chi connectivity index (χ0v) is 13.1. The van der Waals surface area contributed by atoms with Crippen LogP contribution in [0, 0.1) is 12.7 Å². The first-order valence-corrected chi connectivity index (χ1v) is 6.96. The van der Waals surface area contributed by atoms with E-state index in [1.165, 1.54) is 6.07 Å². The van der Waals surface area contributed by atoms with Crippen molar-refractivity contribution in [2.75, 3.05) is 17.7 Å². The van der Waals surface area contributed by atoms with E-state index in [2.05, 4.69) is 10.6 Å². The summed E-state index contributed by atoms with van der Waals surface area (Å²) in [7, 11) is 1.55. The Labute approximate surface area is 133 Å². The number of ether oxygens (including phenoxy) is 1. The highest BCUT2D eigenvalue weighted by molar-refractivity contribution is 7.80. The molecular formula is C15H14ClFN2OS. The summed E-state index contributed by atoms with van der Waals surface area (Å²) in [5.74, 6) is 0.303. The van der Waals surface area contributed by atoms with Crippen LogP contribution in [-0.4, -0.2) is 12.2 Å². The Morgan fingerprint density at radius 3 is 2.33 bits per heavy atom. The molecule has 110 valence electrons. The van der Waals surface area contributed by atoms with Gasteiger partial charge in [0.15, 0.2) is 5.11 Å². The third-order valence-corrected chi connectivity index (χ3v) is 3.34. The van der Waals surface area contributed by atoms with E-state index in [9.17, 15) is 4.39 Å². The summed E-state index contributed by atoms with van der Waals surface area (Å²) in [4.78, 5) is 0. The first-order valence-electron chi connectivity index (χ1n) is 6.17. The predicted octanol–water partition coefficient (Wildman–Crippen LogP) is 4.61. The molecule has 0 atom stereocenters. The minimum Gasteiger partial charge on any atom is -0.495 e. The van der Waals surface area contributed by atoms with Crippen LogP contribution >= 0.6 is 23.8 Å². The summed E-state index contributed by atoms with van der Waals surface area (Å²) in [6.45, 7) is 1.70. The maximum atomic E-state index is 13.5. The highest BCUT2D eigenvalue weighted by Crippen LogP contribution is 2.27. The maximum Gasteiger partial charge on any atom is 0.175 e. The summed E-state index contributed by atoms with van der Waals surface area (Å²) in [5.41, 5.74) is 1.88. The van der Waals surface area contributed by atoms with Gasteiger partial charge in [0.1, 0.15) is 11.6 Å². The SMILES string of the molecule is COc1ccc(NC(=S)Nc2ccc(C)c(F)c2)cc1Cl. The molecule has 2 rings (SSSR count). The number of halogens is 2. The van der Waals surface area contributed by atoms with Crippen LogP contribution in [0.1, 0.15) is 5.56 Å². The molecule has 2 N–H and O–H groups in total. The number of thiocarbonyl (C=S) groups is 1. The largest absolute Gasteiger partial charge is 0.495 e. The molecule has 0 amide bonds. The lowest BCUT2D eigenvalue weighted by molar-refractivity contribution is 0.415. The number of anilines is 2. The highest BCUT2D eigenvalue weighted by Gasteiger charge is 2.05. The van der Waals surface area contributed by atoms with Crippen molar-refractivity contribution in [1.82, 2.24) is 0 Å². The van der Waals surface area contributed by atoms with Crippen molar-refractivity contribution in [2.24, 2.45) is 0 Å². The van der Waals surface area contributed by atoms with Gasteiger partial charge in [-0.25, -0.2) is 4.39 Å². The Bertz CT molecular complexity index is 679. The molecule has 3 nitrogen and oxygen atoms in total. The minimum absolute atomic E-state index is 0.282. The van der Waals surface area contributed by atoms with Crippen LogP contribution in [0.2, 0.25) is 5.02 Å². The van der Waals surface area contributed by atoms with Gasteiger partial charge in [0.05, 0.1) is 12.1 Å². The number of rotatable bonds is 3. The summed E-state index contributed by atoms with van der Waals surface area (Å²) < 4.78 is 18.5. The van der Waals surface area contributed by atoms with E-state index in [4.69, 9.17) is 28.6 Å². The fourth-order valence-corrected chi connectivity index (χ4v) is 2.20. The van der Waals surface area contributed by atoms with Gasteiger partial charge in [-0.2, -0.15) is 0 Å². The molecule has 2 aromatic rings. The van der Waals surface area contributed by atoms with Crippen molar-refractivity contribution in [2.45, 2.75) is 6.92 Å².